The molecule has 1 aromatic heterocycles. The van der Waals surface area contributed by atoms with E-state index in [9.17, 15) is 4.79 Å². The van der Waals surface area contributed by atoms with E-state index in [0.29, 0.717) is 22.6 Å². The molecule has 1 amide bonds. The Morgan fingerprint density at radius 3 is 2.48 bits per heavy atom. The maximum atomic E-state index is 13.0. The number of rotatable bonds is 4. The summed E-state index contributed by atoms with van der Waals surface area (Å²) in [5, 5.41) is 1.66. The normalized spacial score (nSPS) is 19.6. The van der Waals surface area contributed by atoms with Gasteiger partial charge in [0.05, 0.1) is 13.4 Å². The summed E-state index contributed by atoms with van der Waals surface area (Å²) < 4.78 is 11.4. The fourth-order valence-electron chi connectivity index (χ4n) is 4.58. The maximum absolute atomic E-state index is 13.0. The summed E-state index contributed by atoms with van der Waals surface area (Å²) in [4.78, 5) is 14.9. The summed E-state index contributed by atoms with van der Waals surface area (Å²) in [6, 6.07) is 11.6. The van der Waals surface area contributed by atoms with Crippen molar-refractivity contribution in [2.45, 2.75) is 27.2 Å². The van der Waals surface area contributed by atoms with Gasteiger partial charge in [0, 0.05) is 46.8 Å². The smallest absolute Gasteiger partial charge is 0.246 e. The van der Waals surface area contributed by atoms with Crippen LogP contribution < -0.4 is 4.74 Å². The van der Waals surface area contributed by atoms with E-state index < -0.39 is 0 Å². The molecule has 2 heterocycles. The number of fused-ring (bicyclic) bond motifs is 1. The minimum atomic E-state index is 0.0585. The minimum Gasteiger partial charge on any atom is -0.496 e. The molecule has 0 spiro atoms. The Morgan fingerprint density at radius 1 is 1.16 bits per heavy atom. The number of carbonyl (C=O) groups is 1. The second-order valence-electron chi connectivity index (χ2n) is 8.72. The van der Waals surface area contributed by atoms with Crippen LogP contribution in [0.3, 0.4) is 0 Å². The highest BCUT2D eigenvalue weighted by Gasteiger charge is 2.24. The molecule has 31 heavy (non-hydrogen) atoms. The van der Waals surface area contributed by atoms with Crippen LogP contribution in [0.1, 0.15) is 32.8 Å². The van der Waals surface area contributed by atoms with E-state index in [0.717, 1.165) is 46.3 Å². The van der Waals surface area contributed by atoms with Gasteiger partial charge in [-0.3, -0.25) is 4.79 Å². The molecule has 2 atom stereocenters. The van der Waals surface area contributed by atoms with Crippen molar-refractivity contribution >= 4 is 34.1 Å². The van der Waals surface area contributed by atoms with Crippen molar-refractivity contribution in [3.8, 4) is 16.9 Å². The molecule has 5 heteroatoms. The number of hydrogen-bond acceptors (Lipinski definition) is 3. The molecule has 0 aliphatic carbocycles. The van der Waals surface area contributed by atoms with Crippen LogP contribution in [-0.2, 0) is 4.79 Å². The van der Waals surface area contributed by atoms with E-state index in [2.05, 4.69) is 13.8 Å². The van der Waals surface area contributed by atoms with Crippen molar-refractivity contribution in [1.29, 1.82) is 0 Å². The molecule has 1 fully saturated rings. The van der Waals surface area contributed by atoms with Gasteiger partial charge in [0.15, 0.2) is 0 Å². The largest absolute Gasteiger partial charge is 0.496 e. The van der Waals surface area contributed by atoms with Crippen molar-refractivity contribution < 1.29 is 13.9 Å². The number of likely N-dealkylation sites (tertiary alicyclic amines) is 1. The quantitative estimate of drug-likeness (QED) is 0.428. The van der Waals surface area contributed by atoms with Gasteiger partial charge >= 0.3 is 0 Å². The van der Waals surface area contributed by atoms with Crippen LogP contribution in [0.15, 0.2) is 53.2 Å². The molecular weight excluding hydrogens is 410 g/mol. The Balaban J connectivity index is 1.71. The predicted octanol–water partition coefficient (Wildman–Crippen LogP) is 6.67. The summed E-state index contributed by atoms with van der Waals surface area (Å²) in [5.74, 6) is 1.80. The van der Waals surface area contributed by atoms with Crippen molar-refractivity contribution in [3.05, 3.63) is 59.3 Å². The number of furan rings is 1. The van der Waals surface area contributed by atoms with Gasteiger partial charge < -0.3 is 14.1 Å². The zero-order chi connectivity index (χ0) is 22.1. The number of methoxy groups -OCH3 is 1. The minimum absolute atomic E-state index is 0.0585. The fraction of sp³-hybridized carbons (Fsp3) is 0.346. The third kappa shape index (κ3) is 4.49. The van der Waals surface area contributed by atoms with Gasteiger partial charge in [0.25, 0.3) is 0 Å². The predicted molar refractivity (Wildman–Crippen MR) is 126 cm³/mol. The monoisotopic (exact) mass is 437 g/mol. The number of hydrogen-bond donors (Lipinski definition) is 0. The number of ether oxygens (including phenoxy) is 1. The molecule has 1 aliphatic heterocycles. The van der Waals surface area contributed by atoms with E-state index in [-0.39, 0.29) is 5.91 Å². The van der Waals surface area contributed by atoms with Gasteiger partial charge in [-0.25, -0.2) is 0 Å². The number of halogens is 1. The molecule has 1 aliphatic rings. The van der Waals surface area contributed by atoms with Crippen molar-refractivity contribution in [2.24, 2.45) is 11.8 Å². The lowest BCUT2D eigenvalue weighted by molar-refractivity contribution is -0.128. The van der Waals surface area contributed by atoms with Crippen LogP contribution in [0.5, 0.6) is 5.75 Å². The summed E-state index contributed by atoms with van der Waals surface area (Å²) in [6.45, 7) is 8.00. The molecule has 2 unspecified atom stereocenters. The summed E-state index contributed by atoms with van der Waals surface area (Å²) in [5.41, 5.74) is 4.50. The third-order valence-electron chi connectivity index (χ3n) is 6.00. The van der Waals surface area contributed by atoms with Crippen molar-refractivity contribution in [3.63, 3.8) is 0 Å². The molecule has 3 aromatic rings. The molecule has 0 radical (unpaired) electrons. The zero-order valence-corrected chi connectivity index (χ0v) is 19.2. The lowest BCUT2D eigenvalue weighted by Crippen LogP contribution is -2.41. The molecule has 162 valence electrons. The molecular formula is C26H28ClNO3. The SMILES string of the molecule is COc1cc2occ(-c3ccc(Cl)cc3)c2cc1/C(C)=C/C(=O)N1CC(C)CC(C)C1. The summed E-state index contributed by atoms with van der Waals surface area (Å²) >= 11 is 6.04. The number of piperidine rings is 1. The van der Waals surface area contributed by atoms with Crippen LogP contribution in [0.25, 0.3) is 27.7 Å². The molecule has 0 N–H and O–H groups in total. The van der Waals surface area contributed by atoms with Crippen LogP contribution >= 0.6 is 11.6 Å². The van der Waals surface area contributed by atoms with Crippen LogP contribution in [-0.4, -0.2) is 31.0 Å². The summed E-state index contributed by atoms with van der Waals surface area (Å²) in [6.07, 6.45) is 4.65. The topological polar surface area (TPSA) is 42.7 Å². The Hall–Kier alpha value is -2.72. The Kier molecular flexibility index (Phi) is 6.10. The number of amides is 1. The van der Waals surface area contributed by atoms with Gasteiger partial charge in [-0.1, -0.05) is 37.6 Å². The molecule has 4 nitrogen and oxygen atoms in total. The second kappa shape index (κ2) is 8.80. The standard InChI is InChI=1S/C26H28ClNO3/c1-16-9-17(2)14-28(13-16)26(29)10-18(3)21-11-22-23(19-5-7-20(27)8-6-19)15-31-25(22)12-24(21)30-4/h5-8,10-12,15-17H,9,13-14H2,1-4H3/b18-10+. The first-order chi connectivity index (χ1) is 14.9. The first kappa shape index (κ1) is 21.5. The lowest BCUT2D eigenvalue weighted by atomic mass is 9.91. The van der Waals surface area contributed by atoms with E-state index in [1.54, 1.807) is 19.4 Å². The highest BCUT2D eigenvalue weighted by atomic mass is 35.5. The van der Waals surface area contributed by atoms with Gasteiger partial charge in [-0.05, 0) is 54.5 Å². The van der Waals surface area contributed by atoms with Crippen LogP contribution in [0, 0.1) is 11.8 Å². The highest BCUT2D eigenvalue weighted by Crippen LogP contribution is 2.37. The molecule has 4 rings (SSSR count). The van der Waals surface area contributed by atoms with Gasteiger partial charge in [-0.15, -0.1) is 0 Å². The molecule has 0 bridgehead atoms. The second-order valence-corrected chi connectivity index (χ2v) is 9.16. The Labute approximate surface area is 188 Å². The number of allylic oxidation sites excluding steroid dienone is 1. The van der Waals surface area contributed by atoms with Crippen LogP contribution in [0.4, 0.5) is 0 Å². The number of benzene rings is 2. The molecule has 1 saturated heterocycles. The average molecular weight is 438 g/mol. The first-order valence-electron chi connectivity index (χ1n) is 10.7. The highest BCUT2D eigenvalue weighted by molar-refractivity contribution is 6.30. The Morgan fingerprint density at radius 2 is 1.84 bits per heavy atom. The third-order valence-corrected chi connectivity index (χ3v) is 6.25. The average Bonchev–Trinajstić information content (AvgIpc) is 3.15. The molecule has 2 aromatic carbocycles. The van der Waals surface area contributed by atoms with Gasteiger partial charge in [0.1, 0.15) is 11.3 Å². The number of carbonyl (C=O) groups excluding carboxylic acids is 1. The lowest BCUT2D eigenvalue weighted by Gasteiger charge is -2.34. The Bertz CT molecular complexity index is 1120. The summed E-state index contributed by atoms with van der Waals surface area (Å²) in [7, 11) is 1.64. The van der Waals surface area contributed by atoms with Crippen molar-refractivity contribution in [1.82, 2.24) is 4.90 Å². The first-order valence-corrected chi connectivity index (χ1v) is 11.1. The van der Waals surface area contributed by atoms with Crippen LogP contribution in [0.2, 0.25) is 5.02 Å². The molecule has 0 saturated carbocycles. The number of nitrogens with zero attached hydrogens (tertiary/aromatic N) is 1. The van der Waals surface area contributed by atoms with Gasteiger partial charge in [0.2, 0.25) is 5.91 Å². The van der Waals surface area contributed by atoms with E-state index in [4.69, 9.17) is 20.8 Å². The van der Waals surface area contributed by atoms with E-state index in [1.165, 1.54) is 6.42 Å². The fourth-order valence-corrected chi connectivity index (χ4v) is 4.71. The van der Waals surface area contributed by atoms with Crippen molar-refractivity contribution in [2.75, 3.05) is 20.2 Å². The zero-order valence-electron chi connectivity index (χ0n) is 18.4. The van der Waals surface area contributed by atoms with E-state index >= 15 is 0 Å². The van der Waals surface area contributed by atoms with Gasteiger partial charge in [-0.2, -0.15) is 0 Å². The maximum Gasteiger partial charge on any atom is 0.246 e. The van der Waals surface area contributed by atoms with E-state index in [1.807, 2.05) is 48.2 Å².